The van der Waals surface area contributed by atoms with Gasteiger partial charge in [-0.3, -0.25) is 4.79 Å². The van der Waals surface area contributed by atoms with E-state index in [-0.39, 0.29) is 12.0 Å². The predicted molar refractivity (Wildman–Crippen MR) is 76.0 cm³/mol. The number of aliphatic hydroxyl groups excluding tert-OH is 1. The number of carbonyl (C=O) groups is 2. The molecule has 0 radical (unpaired) electrons. The number of ether oxygens (including phenoxy) is 1. The van der Waals surface area contributed by atoms with E-state index in [0.717, 1.165) is 12.8 Å². The van der Waals surface area contributed by atoms with Gasteiger partial charge in [0.2, 0.25) is 5.91 Å². The van der Waals surface area contributed by atoms with Gasteiger partial charge in [0.15, 0.2) is 6.10 Å². The van der Waals surface area contributed by atoms with Gasteiger partial charge in [-0.1, -0.05) is 32.1 Å². The van der Waals surface area contributed by atoms with Gasteiger partial charge < -0.3 is 15.2 Å². The first kappa shape index (κ1) is 17.0. The Morgan fingerprint density at radius 1 is 1.25 bits per heavy atom. The van der Waals surface area contributed by atoms with Crippen LogP contribution in [0.5, 0.6) is 0 Å². The van der Waals surface area contributed by atoms with E-state index in [1.807, 2.05) is 0 Å². The first-order valence-electron chi connectivity index (χ1n) is 7.55. The lowest BCUT2D eigenvalue weighted by atomic mass is 9.83. The summed E-state index contributed by atoms with van der Waals surface area (Å²) >= 11 is 0. The van der Waals surface area contributed by atoms with Crippen LogP contribution in [-0.2, 0) is 14.3 Å². The Labute approximate surface area is 121 Å². The standard InChI is InChI=1S/C15H27NO4/c1-10(2)20-15(19)14(18)13(16-11(3)17)9-12-7-5-4-6-8-12/h10,12-14,18H,4-9H2,1-3H3,(H,16,17)/t13-,14-/m0/s1. The average Bonchev–Trinajstić information content (AvgIpc) is 2.37. The Morgan fingerprint density at radius 2 is 1.85 bits per heavy atom. The molecule has 1 rings (SSSR count). The monoisotopic (exact) mass is 285 g/mol. The molecule has 1 aliphatic rings. The van der Waals surface area contributed by atoms with Crippen molar-refractivity contribution in [1.82, 2.24) is 5.32 Å². The molecule has 116 valence electrons. The van der Waals surface area contributed by atoms with Gasteiger partial charge in [-0.2, -0.15) is 0 Å². The van der Waals surface area contributed by atoms with Crippen molar-refractivity contribution < 1.29 is 19.4 Å². The summed E-state index contributed by atoms with van der Waals surface area (Å²) in [5.41, 5.74) is 0. The lowest BCUT2D eigenvalue weighted by Crippen LogP contribution is -2.48. The number of carbonyl (C=O) groups excluding carboxylic acids is 2. The summed E-state index contributed by atoms with van der Waals surface area (Å²) in [4.78, 5) is 23.1. The molecule has 20 heavy (non-hydrogen) atoms. The highest BCUT2D eigenvalue weighted by Gasteiger charge is 2.31. The van der Waals surface area contributed by atoms with E-state index in [4.69, 9.17) is 4.74 Å². The second-order valence-corrected chi connectivity index (χ2v) is 5.98. The molecule has 5 heteroatoms. The summed E-state index contributed by atoms with van der Waals surface area (Å²) in [6.45, 7) is 4.87. The largest absolute Gasteiger partial charge is 0.461 e. The highest BCUT2D eigenvalue weighted by atomic mass is 16.6. The van der Waals surface area contributed by atoms with Crippen LogP contribution in [0.1, 0.15) is 59.3 Å². The Hall–Kier alpha value is -1.10. The van der Waals surface area contributed by atoms with Crippen LogP contribution in [0.2, 0.25) is 0 Å². The van der Waals surface area contributed by atoms with Gasteiger partial charge in [-0.05, 0) is 26.2 Å². The van der Waals surface area contributed by atoms with Gasteiger partial charge in [-0.25, -0.2) is 4.79 Å². The number of rotatable bonds is 6. The van der Waals surface area contributed by atoms with Crippen molar-refractivity contribution in [1.29, 1.82) is 0 Å². The molecular weight excluding hydrogens is 258 g/mol. The van der Waals surface area contributed by atoms with E-state index in [9.17, 15) is 14.7 Å². The molecule has 2 atom stereocenters. The highest BCUT2D eigenvalue weighted by Crippen LogP contribution is 2.28. The first-order chi connectivity index (χ1) is 9.40. The minimum absolute atomic E-state index is 0.234. The van der Waals surface area contributed by atoms with Gasteiger partial charge in [-0.15, -0.1) is 0 Å². The Balaban J connectivity index is 2.61. The van der Waals surface area contributed by atoms with Crippen LogP contribution in [0.15, 0.2) is 0 Å². The fourth-order valence-corrected chi connectivity index (χ4v) is 2.78. The normalized spacial score (nSPS) is 19.4. The zero-order valence-electron chi connectivity index (χ0n) is 12.7. The lowest BCUT2D eigenvalue weighted by Gasteiger charge is -2.29. The molecule has 0 saturated heterocycles. The van der Waals surface area contributed by atoms with Crippen LogP contribution in [0.4, 0.5) is 0 Å². The zero-order valence-corrected chi connectivity index (χ0v) is 12.7. The predicted octanol–water partition coefficient (Wildman–Crippen LogP) is 1.77. The van der Waals surface area contributed by atoms with Crippen LogP contribution in [0.25, 0.3) is 0 Å². The summed E-state index contributed by atoms with van der Waals surface area (Å²) in [6.07, 6.45) is 4.89. The highest BCUT2D eigenvalue weighted by molar-refractivity contribution is 5.78. The molecule has 0 aliphatic heterocycles. The van der Waals surface area contributed by atoms with Gasteiger partial charge in [0.25, 0.3) is 0 Å². The molecule has 1 amide bonds. The zero-order chi connectivity index (χ0) is 15.1. The van der Waals surface area contributed by atoms with Crippen LogP contribution >= 0.6 is 0 Å². The van der Waals surface area contributed by atoms with Gasteiger partial charge in [0.05, 0.1) is 12.1 Å². The van der Waals surface area contributed by atoms with E-state index in [2.05, 4.69) is 5.32 Å². The van der Waals surface area contributed by atoms with Crippen molar-refractivity contribution in [2.24, 2.45) is 5.92 Å². The van der Waals surface area contributed by atoms with Crippen molar-refractivity contribution in [3.8, 4) is 0 Å². The minimum Gasteiger partial charge on any atom is -0.461 e. The van der Waals surface area contributed by atoms with Crippen molar-refractivity contribution in [2.75, 3.05) is 0 Å². The number of aliphatic hydroxyl groups is 1. The van der Waals surface area contributed by atoms with E-state index in [1.54, 1.807) is 13.8 Å². The van der Waals surface area contributed by atoms with Crippen molar-refractivity contribution >= 4 is 11.9 Å². The van der Waals surface area contributed by atoms with Crippen LogP contribution in [-0.4, -0.2) is 35.2 Å². The fourth-order valence-electron chi connectivity index (χ4n) is 2.78. The molecule has 1 saturated carbocycles. The van der Waals surface area contributed by atoms with E-state index in [1.165, 1.54) is 26.2 Å². The molecule has 0 aromatic carbocycles. The maximum atomic E-state index is 11.8. The molecule has 1 fully saturated rings. The maximum Gasteiger partial charge on any atom is 0.337 e. The Kier molecular flexibility index (Phi) is 6.99. The summed E-state index contributed by atoms with van der Waals surface area (Å²) in [6, 6.07) is -0.554. The number of amides is 1. The summed E-state index contributed by atoms with van der Waals surface area (Å²) in [5, 5.41) is 12.8. The van der Waals surface area contributed by atoms with E-state index in [0.29, 0.717) is 12.3 Å². The Bertz CT molecular complexity index is 324. The van der Waals surface area contributed by atoms with Crippen LogP contribution in [0.3, 0.4) is 0 Å². The third kappa shape index (κ3) is 5.90. The summed E-state index contributed by atoms with van der Waals surface area (Å²) in [5.74, 6) is -0.432. The smallest absolute Gasteiger partial charge is 0.337 e. The molecular formula is C15H27NO4. The van der Waals surface area contributed by atoms with Crippen molar-refractivity contribution in [3.63, 3.8) is 0 Å². The van der Waals surface area contributed by atoms with Crippen LogP contribution < -0.4 is 5.32 Å². The molecule has 0 heterocycles. The number of nitrogens with one attached hydrogen (secondary N) is 1. The van der Waals surface area contributed by atoms with Gasteiger partial charge >= 0.3 is 5.97 Å². The SMILES string of the molecule is CC(=O)N[C@@H](CC1CCCCC1)[C@H](O)C(=O)OC(C)C. The third-order valence-electron chi connectivity index (χ3n) is 3.68. The topological polar surface area (TPSA) is 75.6 Å². The van der Waals surface area contributed by atoms with E-state index >= 15 is 0 Å². The van der Waals surface area contributed by atoms with Crippen molar-refractivity contribution in [2.45, 2.75) is 77.5 Å². The second kappa shape index (κ2) is 8.25. The number of esters is 1. The Morgan fingerprint density at radius 3 is 2.35 bits per heavy atom. The summed E-state index contributed by atoms with van der Waals surface area (Å²) < 4.78 is 5.02. The molecule has 0 spiro atoms. The molecule has 0 aromatic rings. The minimum atomic E-state index is -1.29. The van der Waals surface area contributed by atoms with Gasteiger partial charge in [0.1, 0.15) is 0 Å². The third-order valence-corrected chi connectivity index (χ3v) is 3.68. The van der Waals surface area contributed by atoms with Gasteiger partial charge in [0, 0.05) is 6.92 Å². The molecule has 2 N–H and O–H groups in total. The van der Waals surface area contributed by atoms with E-state index < -0.39 is 18.1 Å². The molecule has 5 nitrogen and oxygen atoms in total. The van der Waals surface area contributed by atoms with Crippen LogP contribution in [0, 0.1) is 5.92 Å². The van der Waals surface area contributed by atoms with Crippen molar-refractivity contribution in [3.05, 3.63) is 0 Å². The fraction of sp³-hybridized carbons (Fsp3) is 0.867. The number of hydrogen-bond acceptors (Lipinski definition) is 4. The first-order valence-corrected chi connectivity index (χ1v) is 7.55. The molecule has 0 bridgehead atoms. The lowest BCUT2D eigenvalue weighted by molar-refractivity contribution is -0.159. The summed E-state index contributed by atoms with van der Waals surface area (Å²) in [7, 11) is 0. The maximum absolute atomic E-state index is 11.8. The molecule has 1 aliphatic carbocycles. The quantitative estimate of drug-likeness (QED) is 0.729. The molecule has 0 aromatic heterocycles. The number of hydrogen-bond donors (Lipinski definition) is 2. The average molecular weight is 285 g/mol. The second-order valence-electron chi connectivity index (χ2n) is 5.98. The molecule has 0 unspecified atom stereocenters.